The Bertz CT molecular complexity index is 571. The van der Waals surface area contributed by atoms with Crippen LogP contribution in [0.15, 0.2) is 42.9 Å². The zero-order chi connectivity index (χ0) is 13.7. The number of benzene rings is 1. The van der Waals surface area contributed by atoms with Crippen molar-refractivity contribution in [2.45, 2.75) is 26.8 Å². The highest BCUT2D eigenvalue weighted by Crippen LogP contribution is 2.05. The number of aromatic nitrogens is 2. The molecule has 0 radical (unpaired) electrons. The monoisotopic (exact) mass is 274 g/mol. The molecule has 5 heteroatoms. The number of hydrogen-bond acceptors (Lipinski definition) is 2. The van der Waals surface area contributed by atoms with Crippen LogP contribution in [0.3, 0.4) is 0 Å². The van der Waals surface area contributed by atoms with E-state index < -0.39 is 0 Å². The number of aryl methyl sites for hydroxylation is 3. The molecule has 0 aliphatic carbocycles. The number of carbonyl (C=O) groups is 1. The fraction of sp³-hybridized carbons (Fsp3) is 0.267. The number of nitrogens with one attached hydrogen (secondary N) is 1. The molecule has 0 aliphatic rings. The summed E-state index contributed by atoms with van der Waals surface area (Å²) in [4.78, 5) is 16.1. The Morgan fingerprint density at radius 1 is 1.25 bits per heavy atom. The fourth-order valence-electron chi connectivity index (χ4n) is 1.74. The van der Waals surface area contributed by atoms with E-state index in [1.165, 1.54) is 0 Å². The summed E-state index contributed by atoms with van der Waals surface area (Å²) in [5.74, 6) is 0.0110. The summed E-state index contributed by atoms with van der Waals surface area (Å²) >= 11 is 0. The molecule has 1 aromatic carbocycles. The van der Waals surface area contributed by atoms with E-state index in [2.05, 4.69) is 10.3 Å². The van der Waals surface area contributed by atoms with Gasteiger partial charge >= 0.3 is 0 Å². The highest BCUT2D eigenvalue weighted by Gasteiger charge is 2.07. The number of rotatable bonds is 4. The van der Waals surface area contributed by atoms with Crippen LogP contribution in [0, 0.1) is 13.8 Å². The number of carbonyl (C=O) groups excluding carboxylic acids is 1. The van der Waals surface area contributed by atoms with Gasteiger partial charge in [0.25, 0.3) is 6.33 Å². The van der Waals surface area contributed by atoms with Crippen molar-refractivity contribution in [3.8, 4) is 0 Å². The molecule has 3 N–H and O–H groups in total. The zero-order valence-corrected chi connectivity index (χ0v) is 11.8. The first-order chi connectivity index (χ1) is 9.15. The molecular weight excluding hydrogens is 254 g/mol. The highest BCUT2D eigenvalue weighted by molar-refractivity contribution is 5.90. The molecule has 106 valence electrons. The topological polar surface area (TPSA) is 77.4 Å². The smallest absolute Gasteiger partial charge is 0.286 e. The van der Waals surface area contributed by atoms with Gasteiger partial charge in [0.05, 0.1) is 19.2 Å². The predicted octanol–water partition coefficient (Wildman–Crippen LogP) is 1.19. The lowest BCUT2D eigenvalue weighted by molar-refractivity contribution is -0.699. The minimum absolute atomic E-state index is 0. The van der Waals surface area contributed by atoms with Crippen LogP contribution in [0.25, 0.3) is 0 Å². The maximum Gasteiger partial charge on any atom is 0.286 e. The molecular formula is C15H20N3O2+. The molecule has 2 aromatic rings. The minimum atomic E-state index is 0. The predicted molar refractivity (Wildman–Crippen MR) is 77.2 cm³/mol. The van der Waals surface area contributed by atoms with Crippen molar-refractivity contribution in [2.75, 3.05) is 5.32 Å². The van der Waals surface area contributed by atoms with Gasteiger partial charge in [-0.1, -0.05) is 23.2 Å². The van der Waals surface area contributed by atoms with Gasteiger partial charge in [0.1, 0.15) is 0 Å². The first kappa shape index (κ1) is 15.8. The second-order valence-electron chi connectivity index (χ2n) is 4.54. The van der Waals surface area contributed by atoms with Crippen molar-refractivity contribution >= 4 is 11.6 Å². The quantitative estimate of drug-likeness (QED) is 0.850. The van der Waals surface area contributed by atoms with Crippen LogP contribution in [0.5, 0.6) is 0 Å². The van der Waals surface area contributed by atoms with Gasteiger partial charge in [0.2, 0.25) is 5.91 Å². The van der Waals surface area contributed by atoms with Gasteiger partial charge in [0, 0.05) is 18.2 Å². The third kappa shape index (κ3) is 4.44. The summed E-state index contributed by atoms with van der Waals surface area (Å²) in [5, 5.41) is 2.87. The van der Waals surface area contributed by atoms with E-state index in [-0.39, 0.29) is 11.4 Å². The third-order valence-corrected chi connectivity index (χ3v) is 2.98. The molecule has 2 rings (SSSR count). The molecule has 0 atom stereocenters. The number of hydrogen-bond donors (Lipinski definition) is 1. The molecule has 20 heavy (non-hydrogen) atoms. The summed E-state index contributed by atoms with van der Waals surface area (Å²) < 4.78 is 1.94. The number of amides is 1. The Morgan fingerprint density at radius 3 is 2.60 bits per heavy atom. The molecule has 0 spiro atoms. The van der Waals surface area contributed by atoms with Crippen LogP contribution >= 0.6 is 0 Å². The zero-order valence-electron chi connectivity index (χ0n) is 11.8. The molecule has 1 amide bonds. The Morgan fingerprint density at radius 2 is 1.95 bits per heavy atom. The van der Waals surface area contributed by atoms with E-state index in [1.807, 2.05) is 54.9 Å². The first-order valence-electron chi connectivity index (χ1n) is 6.32. The van der Waals surface area contributed by atoms with E-state index in [9.17, 15) is 4.79 Å². The first-order valence-corrected chi connectivity index (χ1v) is 6.32. The Hall–Kier alpha value is -2.27. The molecule has 0 unspecified atom stereocenters. The van der Waals surface area contributed by atoms with E-state index in [4.69, 9.17) is 0 Å². The number of anilines is 1. The number of para-hydroxylation sites is 1. The van der Waals surface area contributed by atoms with Crippen LogP contribution < -0.4 is 9.88 Å². The van der Waals surface area contributed by atoms with E-state index in [1.54, 1.807) is 6.33 Å². The van der Waals surface area contributed by atoms with Crippen LogP contribution in [0.2, 0.25) is 0 Å². The normalized spacial score (nSPS) is 9.70. The van der Waals surface area contributed by atoms with E-state index in [0.29, 0.717) is 13.0 Å². The largest absolute Gasteiger partial charge is 0.412 e. The summed E-state index contributed by atoms with van der Waals surface area (Å²) in [6, 6.07) is 9.48. The van der Waals surface area contributed by atoms with Crippen LogP contribution in [-0.2, 0) is 11.3 Å². The van der Waals surface area contributed by atoms with Crippen molar-refractivity contribution in [3.63, 3.8) is 0 Å². The van der Waals surface area contributed by atoms with Gasteiger partial charge in [-0.25, -0.2) is 4.57 Å². The average molecular weight is 274 g/mol. The highest BCUT2D eigenvalue weighted by atomic mass is 16.1. The molecule has 1 heterocycles. The van der Waals surface area contributed by atoms with Crippen molar-refractivity contribution < 1.29 is 14.8 Å². The summed E-state index contributed by atoms with van der Waals surface area (Å²) in [6.07, 6.45) is 4.21. The van der Waals surface area contributed by atoms with Crippen molar-refractivity contribution in [1.82, 2.24) is 4.98 Å². The molecule has 0 aliphatic heterocycles. The maximum atomic E-state index is 11.8. The lowest BCUT2D eigenvalue weighted by Gasteiger charge is -2.04. The van der Waals surface area contributed by atoms with Crippen LogP contribution in [-0.4, -0.2) is 16.4 Å². The van der Waals surface area contributed by atoms with Crippen molar-refractivity contribution in [1.29, 1.82) is 0 Å². The lowest BCUT2D eigenvalue weighted by Crippen LogP contribution is -2.36. The Balaban J connectivity index is 0.00000200. The van der Waals surface area contributed by atoms with E-state index in [0.717, 1.165) is 16.9 Å². The molecule has 1 aromatic heterocycles. The summed E-state index contributed by atoms with van der Waals surface area (Å²) in [5.41, 5.74) is 2.98. The summed E-state index contributed by atoms with van der Waals surface area (Å²) in [6.45, 7) is 4.62. The third-order valence-electron chi connectivity index (χ3n) is 2.98. The van der Waals surface area contributed by atoms with Gasteiger partial charge in [0.15, 0.2) is 5.69 Å². The van der Waals surface area contributed by atoms with Crippen molar-refractivity contribution in [2.24, 2.45) is 0 Å². The van der Waals surface area contributed by atoms with E-state index >= 15 is 0 Å². The Labute approximate surface area is 118 Å². The van der Waals surface area contributed by atoms with Crippen LogP contribution in [0.1, 0.15) is 17.7 Å². The molecule has 0 fully saturated rings. The summed E-state index contributed by atoms with van der Waals surface area (Å²) in [7, 11) is 0. The van der Waals surface area contributed by atoms with Gasteiger partial charge < -0.3 is 10.8 Å². The SMILES string of the molecule is Cc1c[n+](CCC(=O)Nc2ccccc2)cnc1C.O. The molecule has 0 bridgehead atoms. The van der Waals surface area contributed by atoms with Gasteiger partial charge in [-0.3, -0.25) is 4.79 Å². The Kier molecular flexibility index (Phi) is 5.80. The lowest BCUT2D eigenvalue weighted by atomic mass is 10.3. The molecule has 5 nitrogen and oxygen atoms in total. The molecule has 0 saturated carbocycles. The molecule has 0 saturated heterocycles. The minimum Gasteiger partial charge on any atom is -0.412 e. The number of nitrogens with zero attached hydrogens (tertiary/aromatic N) is 2. The van der Waals surface area contributed by atoms with Crippen molar-refractivity contribution in [3.05, 3.63) is 54.1 Å². The second kappa shape index (κ2) is 7.35. The second-order valence-corrected chi connectivity index (χ2v) is 4.54. The van der Waals surface area contributed by atoms with Gasteiger partial charge in [-0.15, -0.1) is 0 Å². The average Bonchev–Trinajstić information content (AvgIpc) is 2.41. The standard InChI is InChI=1S/C15H17N3O.H2O/c1-12-10-18(11-16-13(12)2)9-8-15(19)17-14-6-4-3-5-7-14;/h3-7,10-11H,8-9H2,1-2H3;1H2/p+1. The fourth-order valence-corrected chi connectivity index (χ4v) is 1.74. The van der Waals surface area contributed by atoms with Crippen LogP contribution in [0.4, 0.5) is 5.69 Å². The van der Waals surface area contributed by atoms with Gasteiger partial charge in [-0.2, -0.15) is 0 Å². The maximum absolute atomic E-state index is 11.8. The van der Waals surface area contributed by atoms with Gasteiger partial charge in [-0.05, 0) is 19.1 Å².